The minimum atomic E-state index is -4.45. The number of nitriles is 2. The van der Waals surface area contributed by atoms with E-state index < -0.39 is 32.6 Å². The zero-order valence-corrected chi connectivity index (χ0v) is 26.5. The van der Waals surface area contributed by atoms with E-state index in [-0.39, 0.29) is 37.9 Å². The molecule has 0 bridgehead atoms. The van der Waals surface area contributed by atoms with Gasteiger partial charge in [0, 0.05) is 11.1 Å². The maximum absolute atomic E-state index is 14.1. The number of ether oxygens (including phenoxy) is 3. The number of carbonyl (C=O) groups excluding carboxylic acids is 1. The summed E-state index contributed by atoms with van der Waals surface area (Å²) in [5.41, 5.74) is 3.06. The fourth-order valence-electron chi connectivity index (χ4n) is 4.69. The Morgan fingerprint density at radius 2 is 1.19 bits per heavy atom. The van der Waals surface area contributed by atoms with Crippen molar-refractivity contribution in [2.75, 3.05) is 6.61 Å². The van der Waals surface area contributed by atoms with Crippen molar-refractivity contribution < 1.29 is 42.2 Å². The van der Waals surface area contributed by atoms with E-state index in [0.29, 0.717) is 33.4 Å². The Morgan fingerprint density at radius 3 is 1.69 bits per heavy atom. The molecule has 2 atom stereocenters. The average molecular weight is 667 g/mol. The van der Waals surface area contributed by atoms with Crippen molar-refractivity contribution >= 4 is 13.8 Å². The summed E-state index contributed by atoms with van der Waals surface area (Å²) < 4.78 is 48.9. The predicted octanol–water partition coefficient (Wildman–Crippen LogP) is 6.22. The maximum atomic E-state index is 14.1. The molecule has 11 nitrogen and oxygen atoms in total. The Bertz CT molecular complexity index is 1820. The molecule has 0 unspecified atom stereocenters. The number of aliphatic hydroxyl groups excluding tert-OH is 1. The van der Waals surface area contributed by atoms with Gasteiger partial charge < -0.3 is 19.3 Å². The van der Waals surface area contributed by atoms with E-state index in [1.54, 1.807) is 97.1 Å². The highest BCUT2D eigenvalue weighted by Gasteiger charge is 2.46. The summed E-state index contributed by atoms with van der Waals surface area (Å²) >= 11 is 0. The molecule has 0 saturated carbocycles. The monoisotopic (exact) mass is 666 g/mol. The van der Waals surface area contributed by atoms with Crippen LogP contribution in [0.3, 0.4) is 0 Å². The van der Waals surface area contributed by atoms with Crippen LogP contribution in [-0.2, 0) is 63.6 Å². The van der Waals surface area contributed by atoms with Gasteiger partial charge in [-0.2, -0.15) is 10.5 Å². The minimum Gasteiger partial charge on any atom is -0.485 e. The van der Waals surface area contributed by atoms with Crippen LogP contribution in [-0.4, -0.2) is 29.9 Å². The van der Waals surface area contributed by atoms with E-state index in [0.717, 1.165) is 0 Å². The first-order valence-corrected chi connectivity index (χ1v) is 16.3. The molecular weight excluding hydrogens is 635 g/mol. The lowest BCUT2D eigenvalue weighted by Crippen LogP contribution is -2.35. The van der Waals surface area contributed by atoms with Gasteiger partial charge in [0.15, 0.2) is 11.9 Å². The van der Waals surface area contributed by atoms with E-state index in [4.69, 9.17) is 27.8 Å². The summed E-state index contributed by atoms with van der Waals surface area (Å²) in [6.07, 6.45) is -2.95. The van der Waals surface area contributed by atoms with Crippen LogP contribution in [0.15, 0.2) is 121 Å². The lowest BCUT2D eigenvalue weighted by Gasteiger charge is -2.27. The molecule has 0 radical (unpaired) electrons. The molecule has 0 amide bonds. The van der Waals surface area contributed by atoms with Gasteiger partial charge in [0.1, 0.15) is 19.3 Å². The minimum absolute atomic E-state index is 0.147. The maximum Gasteiger partial charge on any atom is 0.475 e. The summed E-state index contributed by atoms with van der Waals surface area (Å²) in [5.74, 6) is -1.45. The number of phosphoric ester groups is 1. The third kappa shape index (κ3) is 8.75. The van der Waals surface area contributed by atoms with Crippen molar-refractivity contribution in [3.63, 3.8) is 0 Å². The van der Waals surface area contributed by atoms with E-state index in [1.165, 1.54) is 0 Å². The van der Waals surface area contributed by atoms with Crippen molar-refractivity contribution in [1.29, 1.82) is 10.5 Å². The van der Waals surface area contributed by atoms with Crippen LogP contribution in [0.5, 0.6) is 0 Å². The van der Waals surface area contributed by atoms with Crippen LogP contribution in [0.25, 0.3) is 0 Å². The van der Waals surface area contributed by atoms with Crippen molar-refractivity contribution in [1.82, 2.24) is 0 Å². The lowest BCUT2D eigenvalue weighted by molar-refractivity contribution is -0.148. The Balaban J connectivity index is 1.44. The third-order valence-electron chi connectivity index (χ3n) is 7.18. The van der Waals surface area contributed by atoms with E-state index in [9.17, 15) is 25.0 Å². The molecule has 0 saturated heterocycles. The van der Waals surface area contributed by atoms with Crippen molar-refractivity contribution in [2.45, 2.75) is 38.6 Å². The molecule has 0 aliphatic carbocycles. The first kappa shape index (κ1) is 34.1. The topological polar surface area (TPSA) is 157 Å². The van der Waals surface area contributed by atoms with Gasteiger partial charge in [0.25, 0.3) is 0 Å². The number of nitrogens with zero attached hydrogens (tertiary/aromatic N) is 2. The highest BCUT2D eigenvalue weighted by atomic mass is 31.2. The highest BCUT2D eigenvalue weighted by molar-refractivity contribution is 7.48. The number of aliphatic hydroxyl groups is 1. The van der Waals surface area contributed by atoms with Crippen LogP contribution >= 0.6 is 7.82 Å². The Hall–Kier alpha value is -5.26. The molecule has 1 N–H and O–H groups in total. The number of rotatable bonds is 16. The molecule has 244 valence electrons. The Labute approximate surface area is 277 Å². The van der Waals surface area contributed by atoms with Crippen LogP contribution < -0.4 is 0 Å². The van der Waals surface area contributed by atoms with E-state index >= 15 is 0 Å². The molecule has 4 aromatic rings. The molecule has 1 heterocycles. The number of cyclic esters (lactones) is 1. The lowest BCUT2D eigenvalue weighted by atomic mass is 10.1. The fourth-order valence-corrected chi connectivity index (χ4v) is 6.01. The zero-order chi connectivity index (χ0) is 33.8. The van der Waals surface area contributed by atoms with Crippen molar-refractivity contribution in [3.8, 4) is 12.1 Å². The van der Waals surface area contributed by atoms with Crippen LogP contribution in [0.1, 0.15) is 33.4 Å². The average Bonchev–Trinajstić information content (AvgIpc) is 3.45. The summed E-state index contributed by atoms with van der Waals surface area (Å²) in [6, 6.07) is 35.5. The van der Waals surface area contributed by atoms with Gasteiger partial charge in [-0.05, 0) is 23.3 Å². The molecular formula is C36H31N2O9P. The molecule has 0 spiro atoms. The van der Waals surface area contributed by atoms with Gasteiger partial charge in [-0.25, -0.2) is 9.36 Å². The first-order chi connectivity index (χ1) is 23.4. The number of hydrogen-bond acceptors (Lipinski definition) is 11. The molecule has 1 aliphatic rings. The number of benzene rings is 4. The van der Waals surface area contributed by atoms with Crippen LogP contribution in [0.4, 0.5) is 0 Å². The summed E-state index contributed by atoms with van der Waals surface area (Å²) in [4.78, 5) is 13.2. The SMILES string of the molecule is N#Cc1ccccc1COC1=C(OCc2ccccc2C#N)[C@@H]([C@H](CO)OP(=O)(OCc2ccccc2)OCc2ccccc2)OC1=O. The second-order valence-electron chi connectivity index (χ2n) is 10.4. The summed E-state index contributed by atoms with van der Waals surface area (Å²) in [7, 11) is -4.45. The molecule has 4 aromatic carbocycles. The van der Waals surface area contributed by atoms with Crippen molar-refractivity contribution in [3.05, 3.63) is 154 Å². The van der Waals surface area contributed by atoms with Gasteiger partial charge in [-0.3, -0.25) is 13.6 Å². The third-order valence-corrected chi connectivity index (χ3v) is 8.60. The summed E-state index contributed by atoms with van der Waals surface area (Å²) in [6.45, 7) is -1.46. The van der Waals surface area contributed by atoms with Gasteiger partial charge in [0.05, 0.1) is 43.1 Å². The number of carbonyl (C=O) groups is 1. The molecule has 0 aromatic heterocycles. The van der Waals surface area contributed by atoms with Crippen LogP contribution in [0, 0.1) is 22.7 Å². The largest absolute Gasteiger partial charge is 0.485 e. The van der Waals surface area contributed by atoms with E-state index in [2.05, 4.69) is 12.1 Å². The highest BCUT2D eigenvalue weighted by Crippen LogP contribution is 2.53. The van der Waals surface area contributed by atoms with Crippen molar-refractivity contribution in [2.24, 2.45) is 0 Å². The smallest absolute Gasteiger partial charge is 0.475 e. The zero-order valence-electron chi connectivity index (χ0n) is 25.6. The molecule has 1 aliphatic heterocycles. The van der Waals surface area contributed by atoms with Gasteiger partial charge in [0.2, 0.25) is 5.76 Å². The normalized spacial score (nSPS) is 14.9. The van der Waals surface area contributed by atoms with Crippen LogP contribution in [0.2, 0.25) is 0 Å². The van der Waals surface area contributed by atoms with E-state index in [1.807, 2.05) is 12.1 Å². The molecule has 5 rings (SSSR count). The predicted molar refractivity (Wildman–Crippen MR) is 171 cm³/mol. The first-order valence-electron chi connectivity index (χ1n) is 14.9. The molecule has 48 heavy (non-hydrogen) atoms. The second-order valence-corrected chi connectivity index (χ2v) is 12.0. The summed E-state index contributed by atoms with van der Waals surface area (Å²) in [5, 5.41) is 29.6. The molecule has 0 fully saturated rings. The van der Waals surface area contributed by atoms with Gasteiger partial charge in [-0.15, -0.1) is 0 Å². The number of phosphoric acid groups is 1. The Morgan fingerprint density at radius 1 is 0.708 bits per heavy atom. The quantitative estimate of drug-likeness (QED) is 0.107. The Kier molecular flexibility index (Phi) is 11.7. The standard InChI is InChI=1S/C36H31N2O9P/c37-19-28-15-7-9-17-30(28)24-42-34-33(46-36(40)35(34)43-25-31-18-10-8-16-29(31)20-38)32(21-39)47-48(41,44-22-26-11-3-1-4-12-26)45-23-27-13-5-2-6-14-27/h1-18,32-33,39H,21-25H2/t32-,33+/m0/s1. The second kappa shape index (κ2) is 16.5. The van der Waals surface area contributed by atoms with Gasteiger partial charge >= 0.3 is 13.8 Å². The molecule has 12 heteroatoms. The fraction of sp³-hybridized carbons (Fsp3) is 0.194. The number of esters is 1. The van der Waals surface area contributed by atoms with Gasteiger partial charge in [-0.1, -0.05) is 97.1 Å². The number of hydrogen-bond donors (Lipinski definition) is 1.